The molecular formula is C17H20FN7O. The second-order valence-electron chi connectivity index (χ2n) is 6.93. The number of rotatable bonds is 4. The number of fused-ring (bicyclic) bond motifs is 1. The smallest absolute Gasteiger partial charge is 0.223 e. The van der Waals surface area contributed by atoms with E-state index in [9.17, 15) is 9.50 Å². The molecule has 0 radical (unpaired) electrons. The number of nitrogens with zero attached hydrogens (tertiary/aromatic N) is 5. The van der Waals surface area contributed by atoms with Gasteiger partial charge in [-0.05, 0) is 26.8 Å². The highest BCUT2D eigenvalue weighted by Crippen LogP contribution is 2.25. The van der Waals surface area contributed by atoms with E-state index in [0.717, 1.165) is 25.7 Å². The van der Waals surface area contributed by atoms with Gasteiger partial charge in [0.25, 0.3) is 0 Å². The number of halogens is 1. The summed E-state index contributed by atoms with van der Waals surface area (Å²) in [5, 5.41) is 16.7. The first-order chi connectivity index (χ1) is 12.4. The Bertz CT molecular complexity index is 944. The van der Waals surface area contributed by atoms with Gasteiger partial charge in [-0.2, -0.15) is 0 Å². The fourth-order valence-electron chi connectivity index (χ4n) is 2.96. The van der Waals surface area contributed by atoms with Crippen molar-refractivity contribution < 1.29 is 9.50 Å². The molecule has 1 fully saturated rings. The zero-order valence-electron chi connectivity index (χ0n) is 14.6. The number of aromatic nitrogens is 5. The molecule has 4 rings (SSSR count). The molecule has 3 N–H and O–H groups in total. The number of hydrogen-bond acceptors (Lipinski definition) is 7. The molecule has 0 aliphatic carbocycles. The summed E-state index contributed by atoms with van der Waals surface area (Å²) >= 11 is 0. The van der Waals surface area contributed by atoms with Crippen LogP contribution in [0.5, 0.6) is 0 Å². The minimum Gasteiger partial charge on any atom is -0.384 e. The zero-order valence-corrected chi connectivity index (χ0v) is 14.6. The van der Waals surface area contributed by atoms with E-state index < -0.39 is 11.4 Å². The SMILES string of the molecule is CC(C)(O)c1cn2c(-c3nc(NC4CCNC4)ncc3F)cnc2cn1. The van der Waals surface area contributed by atoms with Crippen molar-refractivity contribution in [3.8, 4) is 11.4 Å². The predicted octanol–water partition coefficient (Wildman–Crippen LogP) is 1.33. The molecular weight excluding hydrogens is 337 g/mol. The average molecular weight is 357 g/mol. The second kappa shape index (κ2) is 6.26. The van der Waals surface area contributed by atoms with E-state index >= 15 is 0 Å². The van der Waals surface area contributed by atoms with Gasteiger partial charge in [0.15, 0.2) is 11.5 Å². The van der Waals surface area contributed by atoms with Gasteiger partial charge in [0.05, 0.1) is 30.0 Å². The lowest BCUT2D eigenvalue weighted by atomic mass is 10.1. The molecule has 4 heterocycles. The van der Waals surface area contributed by atoms with Crippen molar-refractivity contribution in [1.82, 2.24) is 29.7 Å². The van der Waals surface area contributed by atoms with E-state index in [0.29, 0.717) is 23.0 Å². The molecule has 9 heteroatoms. The van der Waals surface area contributed by atoms with E-state index in [-0.39, 0.29) is 11.7 Å². The zero-order chi connectivity index (χ0) is 18.3. The molecule has 3 aromatic rings. The van der Waals surface area contributed by atoms with Crippen LogP contribution in [0.15, 0.2) is 24.8 Å². The standard InChI is InChI=1S/C17H20FN7O/c1-17(2,26)13-9-25-12(7-21-14(25)8-20-13)15-11(18)6-22-16(24-15)23-10-3-4-19-5-10/h6-10,19,26H,3-5H2,1-2H3,(H,22,23,24). The van der Waals surface area contributed by atoms with Gasteiger partial charge >= 0.3 is 0 Å². The summed E-state index contributed by atoms with van der Waals surface area (Å²) in [5.74, 6) is -0.162. The summed E-state index contributed by atoms with van der Waals surface area (Å²) in [5.41, 5.74) is 0.492. The third-order valence-electron chi connectivity index (χ3n) is 4.40. The summed E-state index contributed by atoms with van der Waals surface area (Å²) in [6.07, 6.45) is 6.85. The van der Waals surface area contributed by atoms with Crippen molar-refractivity contribution >= 4 is 11.6 Å². The summed E-state index contributed by atoms with van der Waals surface area (Å²) in [6.45, 7) is 5.04. The first-order valence-corrected chi connectivity index (χ1v) is 8.48. The lowest BCUT2D eigenvalue weighted by Crippen LogP contribution is -2.23. The third-order valence-corrected chi connectivity index (χ3v) is 4.40. The Kier molecular flexibility index (Phi) is 4.04. The largest absolute Gasteiger partial charge is 0.384 e. The van der Waals surface area contributed by atoms with Crippen LogP contribution in [0.3, 0.4) is 0 Å². The maximum atomic E-state index is 14.4. The van der Waals surface area contributed by atoms with Crippen LogP contribution in [-0.2, 0) is 5.60 Å². The Balaban J connectivity index is 1.76. The number of aliphatic hydroxyl groups is 1. The van der Waals surface area contributed by atoms with E-state index in [1.54, 1.807) is 30.6 Å². The molecule has 0 amide bonds. The quantitative estimate of drug-likeness (QED) is 0.647. The maximum Gasteiger partial charge on any atom is 0.223 e. The average Bonchev–Trinajstić information content (AvgIpc) is 3.25. The van der Waals surface area contributed by atoms with Crippen LogP contribution < -0.4 is 10.6 Å². The maximum absolute atomic E-state index is 14.4. The predicted molar refractivity (Wildman–Crippen MR) is 94.1 cm³/mol. The van der Waals surface area contributed by atoms with Crippen molar-refractivity contribution in [3.63, 3.8) is 0 Å². The van der Waals surface area contributed by atoms with Crippen LogP contribution in [-0.4, -0.2) is 48.6 Å². The lowest BCUT2D eigenvalue weighted by molar-refractivity contribution is 0.0734. The Morgan fingerprint density at radius 3 is 2.85 bits per heavy atom. The summed E-state index contributed by atoms with van der Waals surface area (Å²) in [4.78, 5) is 16.9. The Morgan fingerprint density at radius 2 is 2.12 bits per heavy atom. The van der Waals surface area contributed by atoms with E-state index in [4.69, 9.17) is 0 Å². The Labute approximate surface area is 149 Å². The number of imidazole rings is 1. The van der Waals surface area contributed by atoms with Crippen LogP contribution in [0.1, 0.15) is 26.0 Å². The Hall–Kier alpha value is -2.65. The molecule has 1 atom stereocenters. The van der Waals surface area contributed by atoms with Crippen LogP contribution >= 0.6 is 0 Å². The van der Waals surface area contributed by atoms with E-state index in [1.807, 2.05) is 0 Å². The molecule has 26 heavy (non-hydrogen) atoms. The highest BCUT2D eigenvalue weighted by molar-refractivity contribution is 5.61. The summed E-state index contributed by atoms with van der Waals surface area (Å²) in [6, 6.07) is 0.224. The summed E-state index contributed by atoms with van der Waals surface area (Å²) in [7, 11) is 0. The third kappa shape index (κ3) is 3.11. The number of nitrogens with one attached hydrogen (secondary N) is 2. The first kappa shape index (κ1) is 16.8. The monoisotopic (exact) mass is 357 g/mol. The highest BCUT2D eigenvalue weighted by atomic mass is 19.1. The topological polar surface area (TPSA) is 100 Å². The van der Waals surface area contributed by atoms with Crippen molar-refractivity contribution in [2.45, 2.75) is 31.9 Å². The molecule has 1 aliphatic heterocycles. The molecule has 0 bridgehead atoms. The number of hydrogen-bond donors (Lipinski definition) is 3. The van der Waals surface area contributed by atoms with Crippen molar-refractivity contribution in [1.29, 1.82) is 0 Å². The van der Waals surface area contributed by atoms with Gasteiger partial charge in [-0.3, -0.25) is 9.38 Å². The van der Waals surface area contributed by atoms with Crippen molar-refractivity contribution in [2.24, 2.45) is 0 Å². The molecule has 1 saturated heterocycles. The van der Waals surface area contributed by atoms with Crippen LogP contribution in [0.25, 0.3) is 17.0 Å². The molecule has 0 aromatic carbocycles. The van der Waals surface area contributed by atoms with E-state index in [1.165, 1.54) is 6.20 Å². The van der Waals surface area contributed by atoms with Gasteiger partial charge in [0, 0.05) is 18.8 Å². The molecule has 8 nitrogen and oxygen atoms in total. The molecule has 136 valence electrons. The molecule has 0 saturated carbocycles. The first-order valence-electron chi connectivity index (χ1n) is 8.48. The molecule has 3 aromatic heterocycles. The van der Waals surface area contributed by atoms with Crippen LogP contribution in [0.2, 0.25) is 0 Å². The van der Waals surface area contributed by atoms with Crippen LogP contribution in [0.4, 0.5) is 10.3 Å². The molecule has 0 spiro atoms. The van der Waals surface area contributed by atoms with Gasteiger partial charge in [-0.1, -0.05) is 0 Å². The summed E-state index contributed by atoms with van der Waals surface area (Å²) < 4.78 is 16.1. The second-order valence-corrected chi connectivity index (χ2v) is 6.93. The van der Waals surface area contributed by atoms with Gasteiger partial charge in [-0.15, -0.1) is 0 Å². The minimum atomic E-state index is -1.12. The van der Waals surface area contributed by atoms with Gasteiger partial charge in [-0.25, -0.2) is 19.3 Å². The number of anilines is 1. The van der Waals surface area contributed by atoms with E-state index in [2.05, 4.69) is 30.6 Å². The Morgan fingerprint density at radius 1 is 1.27 bits per heavy atom. The van der Waals surface area contributed by atoms with Crippen LogP contribution in [0, 0.1) is 5.82 Å². The van der Waals surface area contributed by atoms with Crippen molar-refractivity contribution in [3.05, 3.63) is 36.3 Å². The fourth-order valence-corrected chi connectivity index (χ4v) is 2.96. The highest BCUT2D eigenvalue weighted by Gasteiger charge is 2.21. The lowest BCUT2D eigenvalue weighted by Gasteiger charge is -2.16. The minimum absolute atomic E-state index is 0.147. The normalized spacial score (nSPS) is 17.8. The fraction of sp³-hybridized carbons (Fsp3) is 0.412. The van der Waals surface area contributed by atoms with Gasteiger partial charge in [0.2, 0.25) is 5.95 Å². The molecule has 1 aliphatic rings. The van der Waals surface area contributed by atoms with Gasteiger partial charge < -0.3 is 15.7 Å². The van der Waals surface area contributed by atoms with Crippen molar-refractivity contribution in [2.75, 3.05) is 18.4 Å². The molecule has 1 unspecified atom stereocenters. The van der Waals surface area contributed by atoms with Gasteiger partial charge in [0.1, 0.15) is 11.3 Å².